The van der Waals surface area contributed by atoms with Gasteiger partial charge in [0.2, 0.25) is 5.91 Å². The number of aliphatic hydroxyl groups excluding tert-OH is 1. The first-order chi connectivity index (χ1) is 10.6. The van der Waals surface area contributed by atoms with E-state index >= 15 is 0 Å². The number of nitrogens with zero attached hydrogens (tertiary/aromatic N) is 1. The lowest BCUT2D eigenvalue weighted by Gasteiger charge is -2.10. The molecular formula is C17H17FN2O2. The number of pyridine rings is 1. The molecule has 0 saturated carbocycles. The zero-order valence-corrected chi connectivity index (χ0v) is 11.9. The SMILES string of the molecule is O=C(/C=C/c1cncc(F)c1)NCCC(O)c1ccccc1. The van der Waals surface area contributed by atoms with Gasteiger partial charge in [-0.2, -0.15) is 0 Å². The van der Waals surface area contributed by atoms with Crippen LogP contribution in [0.5, 0.6) is 0 Å². The van der Waals surface area contributed by atoms with Gasteiger partial charge in [-0.15, -0.1) is 0 Å². The summed E-state index contributed by atoms with van der Waals surface area (Å²) in [5, 5.41) is 12.6. The average molecular weight is 300 g/mol. The fourth-order valence-electron chi connectivity index (χ4n) is 1.92. The minimum atomic E-state index is -0.613. The van der Waals surface area contributed by atoms with E-state index in [4.69, 9.17) is 0 Å². The Bertz CT molecular complexity index is 644. The molecule has 0 spiro atoms. The maximum atomic E-state index is 12.9. The van der Waals surface area contributed by atoms with Crippen LogP contribution < -0.4 is 5.32 Å². The van der Waals surface area contributed by atoms with Crippen molar-refractivity contribution in [2.24, 2.45) is 0 Å². The summed E-state index contributed by atoms with van der Waals surface area (Å²) >= 11 is 0. The number of halogens is 1. The summed E-state index contributed by atoms with van der Waals surface area (Å²) in [6, 6.07) is 10.5. The van der Waals surface area contributed by atoms with Gasteiger partial charge in [0, 0.05) is 18.8 Å². The monoisotopic (exact) mass is 300 g/mol. The second-order valence-corrected chi connectivity index (χ2v) is 4.78. The van der Waals surface area contributed by atoms with Gasteiger partial charge in [-0.25, -0.2) is 4.39 Å². The number of hydrogen-bond acceptors (Lipinski definition) is 3. The normalized spacial score (nSPS) is 12.3. The molecule has 2 aromatic rings. The number of benzene rings is 1. The highest BCUT2D eigenvalue weighted by Crippen LogP contribution is 2.14. The molecule has 114 valence electrons. The molecule has 0 aliphatic carbocycles. The summed E-state index contributed by atoms with van der Waals surface area (Å²) in [6.07, 6.45) is 5.17. The third kappa shape index (κ3) is 5.10. The van der Waals surface area contributed by atoms with Crippen molar-refractivity contribution in [2.45, 2.75) is 12.5 Å². The Morgan fingerprint density at radius 2 is 2.09 bits per heavy atom. The van der Waals surface area contributed by atoms with Crippen LogP contribution in [-0.2, 0) is 4.79 Å². The lowest BCUT2D eigenvalue weighted by Crippen LogP contribution is -2.23. The van der Waals surface area contributed by atoms with Gasteiger partial charge in [-0.3, -0.25) is 9.78 Å². The average Bonchev–Trinajstić information content (AvgIpc) is 2.54. The Morgan fingerprint density at radius 3 is 2.82 bits per heavy atom. The second kappa shape index (κ2) is 8.05. The van der Waals surface area contributed by atoms with E-state index in [1.807, 2.05) is 30.3 Å². The summed E-state index contributed by atoms with van der Waals surface area (Å²) in [6.45, 7) is 0.348. The van der Waals surface area contributed by atoms with E-state index in [9.17, 15) is 14.3 Å². The van der Waals surface area contributed by atoms with E-state index in [0.29, 0.717) is 18.5 Å². The van der Waals surface area contributed by atoms with Crippen molar-refractivity contribution in [2.75, 3.05) is 6.54 Å². The number of hydrogen-bond donors (Lipinski definition) is 2. The Labute approximate surface area is 128 Å². The van der Waals surface area contributed by atoms with Crippen LogP contribution in [0.3, 0.4) is 0 Å². The maximum absolute atomic E-state index is 12.9. The fourth-order valence-corrected chi connectivity index (χ4v) is 1.92. The van der Waals surface area contributed by atoms with E-state index in [1.165, 1.54) is 24.4 Å². The number of aromatic nitrogens is 1. The molecule has 0 fully saturated rings. The van der Waals surface area contributed by atoms with Crippen LogP contribution in [0.1, 0.15) is 23.7 Å². The van der Waals surface area contributed by atoms with Crippen LogP contribution in [0.2, 0.25) is 0 Å². The van der Waals surface area contributed by atoms with Crippen molar-refractivity contribution in [3.05, 3.63) is 71.8 Å². The highest BCUT2D eigenvalue weighted by atomic mass is 19.1. The van der Waals surface area contributed by atoms with Crippen LogP contribution in [0.4, 0.5) is 4.39 Å². The van der Waals surface area contributed by atoms with Crippen molar-refractivity contribution in [1.29, 1.82) is 0 Å². The molecule has 0 bridgehead atoms. The van der Waals surface area contributed by atoms with Gasteiger partial charge in [0.1, 0.15) is 5.82 Å². The van der Waals surface area contributed by atoms with Crippen molar-refractivity contribution in [3.63, 3.8) is 0 Å². The van der Waals surface area contributed by atoms with Crippen molar-refractivity contribution in [3.8, 4) is 0 Å². The van der Waals surface area contributed by atoms with Crippen LogP contribution in [0.15, 0.2) is 54.9 Å². The lowest BCUT2D eigenvalue weighted by molar-refractivity contribution is -0.116. The molecule has 22 heavy (non-hydrogen) atoms. The Kier molecular flexibility index (Phi) is 5.80. The van der Waals surface area contributed by atoms with Gasteiger partial charge in [0.05, 0.1) is 12.3 Å². The maximum Gasteiger partial charge on any atom is 0.244 e. The van der Waals surface area contributed by atoms with E-state index in [2.05, 4.69) is 10.3 Å². The largest absolute Gasteiger partial charge is 0.388 e. The first kappa shape index (κ1) is 15.9. The van der Waals surface area contributed by atoms with Crippen LogP contribution in [0.25, 0.3) is 6.08 Å². The molecule has 4 nitrogen and oxygen atoms in total. The molecule has 1 heterocycles. The molecule has 0 aliphatic rings. The standard InChI is InChI=1S/C17H17FN2O2/c18-15-10-13(11-19-12-15)6-7-17(22)20-9-8-16(21)14-4-2-1-3-5-14/h1-7,10-12,16,21H,8-9H2,(H,20,22)/b7-6+. The third-order valence-corrected chi connectivity index (χ3v) is 3.05. The van der Waals surface area contributed by atoms with Gasteiger partial charge in [0.25, 0.3) is 0 Å². The molecule has 1 unspecified atom stereocenters. The van der Waals surface area contributed by atoms with Gasteiger partial charge in [-0.1, -0.05) is 30.3 Å². The van der Waals surface area contributed by atoms with Gasteiger partial charge in [-0.05, 0) is 29.7 Å². The van der Waals surface area contributed by atoms with Gasteiger partial charge in [0.15, 0.2) is 0 Å². The quantitative estimate of drug-likeness (QED) is 0.806. The molecule has 1 amide bonds. The number of rotatable bonds is 6. The number of nitrogens with one attached hydrogen (secondary N) is 1. The van der Waals surface area contributed by atoms with E-state index in [-0.39, 0.29) is 5.91 Å². The molecule has 0 aliphatic heterocycles. The van der Waals surface area contributed by atoms with Crippen molar-refractivity contribution in [1.82, 2.24) is 10.3 Å². The molecule has 0 saturated heterocycles. The number of aliphatic hydroxyl groups is 1. The summed E-state index contributed by atoms with van der Waals surface area (Å²) in [5.74, 6) is -0.752. The molecular weight excluding hydrogens is 283 g/mol. The highest BCUT2D eigenvalue weighted by Gasteiger charge is 2.06. The predicted molar refractivity (Wildman–Crippen MR) is 82.3 cm³/mol. The minimum absolute atomic E-state index is 0.301. The molecule has 1 aromatic carbocycles. The molecule has 1 atom stereocenters. The molecule has 2 rings (SSSR count). The minimum Gasteiger partial charge on any atom is -0.388 e. The summed E-state index contributed by atoms with van der Waals surface area (Å²) < 4.78 is 12.9. The molecule has 2 N–H and O–H groups in total. The number of amides is 1. The third-order valence-electron chi connectivity index (χ3n) is 3.05. The molecule has 1 aromatic heterocycles. The molecule has 5 heteroatoms. The fraction of sp³-hybridized carbons (Fsp3) is 0.176. The van der Waals surface area contributed by atoms with E-state index < -0.39 is 11.9 Å². The second-order valence-electron chi connectivity index (χ2n) is 4.78. The van der Waals surface area contributed by atoms with Gasteiger partial charge >= 0.3 is 0 Å². The lowest BCUT2D eigenvalue weighted by atomic mass is 10.1. The van der Waals surface area contributed by atoms with E-state index in [0.717, 1.165) is 11.8 Å². The molecule has 0 radical (unpaired) electrons. The first-order valence-electron chi connectivity index (χ1n) is 6.94. The Balaban J connectivity index is 1.76. The predicted octanol–water partition coefficient (Wildman–Crippen LogP) is 2.47. The Hall–Kier alpha value is -2.53. The number of carbonyl (C=O) groups excluding carboxylic acids is 1. The highest BCUT2D eigenvalue weighted by molar-refractivity contribution is 5.91. The zero-order valence-electron chi connectivity index (χ0n) is 11.9. The first-order valence-corrected chi connectivity index (χ1v) is 6.94. The Morgan fingerprint density at radius 1 is 1.32 bits per heavy atom. The van der Waals surface area contributed by atoms with Crippen molar-refractivity contribution < 1.29 is 14.3 Å². The smallest absolute Gasteiger partial charge is 0.244 e. The van der Waals surface area contributed by atoms with Crippen LogP contribution in [0, 0.1) is 5.82 Å². The van der Waals surface area contributed by atoms with Gasteiger partial charge < -0.3 is 10.4 Å². The summed E-state index contributed by atoms with van der Waals surface area (Å²) in [5.41, 5.74) is 1.33. The topological polar surface area (TPSA) is 62.2 Å². The van der Waals surface area contributed by atoms with Crippen LogP contribution in [-0.4, -0.2) is 22.5 Å². The summed E-state index contributed by atoms with van der Waals surface area (Å²) in [4.78, 5) is 15.3. The summed E-state index contributed by atoms with van der Waals surface area (Å²) in [7, 11) is 0. The number of carbonyl (C=O) groups is 1. The zero-order chi connectivity index (χ0) is 15.8. The van der Waals surface area contributed by atoms with Crippen molar-refractivity contribution >= 4 is 12.0 Å². The van der Waals surface area contributed by atoms with E-state index in [1.54, 1.807) is 0 Å². The van der Waals surface area contributed by atoms with Crippen LogP contribution >= 0.6 is 0 Å².